The first-order valence-electron chi connectivity index (χ1n) is 9.05. The molecule has 4 bridgehead atoms. The van der Waals surface area contributed by atoms with Crippen molar-refractivity contribution < 1.29 is 14.6 Å². The molecule has 4 saturated carbocycles. The fraction of sp³-hybridized carbons (Fsp3) is 0.722. The van der Waals surface area contributed by atoms with Crippen molar-refractivity contribution in [2.24, 2.45) is 17.8 Å². The van der Waals surface area contributed by atoms with Gasteiger partial charge in [-0.05, 0) is 75.3 Å². The lowest BCUT2D eigenvalue weighted by Gasteiger charge is -2.58. The fourth-order valence-corrected chi connectivity index (χ4v) is 5.39. The van der Waals surface area contributed by atoms with E-state index in [4.69, 9.17) is 16.3 Å². The lowest BCUT2D eigenvalue weighted by atomic mass is 9.52. The second-order valence-corrected chi connectivity index (χ2v) is 8.56. The molecule has 0 radical (unpaired) electrons. The van der Waals surface area contributed by atoms with E-state index in [1.54, 1.807) is 0 Å². The van der Waals surface area contributed by atoms with Crippen LogP contribution >= 0.6 is 11.6 Å². The molecule has 0 aliphatic heterocycles. The van der Waals surface area contributed by atoms with E-state index in [1.807, 2.05) is 13.8 Å². The van der Waals surface area contributed by atoms with Crippen LogP contribution in [0.1, 0.15) is 56.3 Å². The lowest BCUT2D eigenvalue weighted by molar-refractivity contribution is -0.136. The summed E-state index contributed by atoms with van der Waals surface area (Å²) in [6.07, 6.45) is 6.00. The lowest BCUT2D eigenvalue weighted by Crippen LogP contribution is -2.61. The van der Waals surface area contributed by atoms with E-state index in [2.05, 4.69) is 15.3 Å². The minimum absolute atomic E-state index is 0.0593. The number of hydrogen-bond donors (Lipinski definition) is 2. The maximum absolute atomic E-state index is 12.9. The minimum Gasteiger partial charge on any atom is -0.474 e. The molecule has 7 heteroatoms. The standard InChI is InChI=1S/C18H24ClN3O3/c1-9(2)25-16-13(8-20-17(19)22-16)15(23)21-14-11-3-10-4-12(14)7-18(24,5-10)6-11/h8-12,14,24H,3-7H2,1-2H3,(H,21,23)/t10?,11-,12+,14?,18?. The first kappa shape index (κ1) is 17.0. The number of carbonyl (C=O) groups is 1. The van der Waals surface area contributed by atoms with Crippen LogP contribution in [0.25, 0.3) is 0 Å². The summed E-state index contributed by atoms with van der Waals surface area (Å²) in [7, 11) is 0. The largest absolute Gasteiger partial charge is 0.474 e. The summed E-state index contributed by atoms with van der Waals surface area (Å²) in [5, 5.41) is 13.9. The summed E-state index contributed by atoms with van der Waals surface area (Å²) in [5.41, 5.74) is -0.196. The average Bonchev–Trinajstić information content (AvgIpc) is 2.48. The van der Waals surface area contributed by atoms with Gasteiger partial charge >= 0.3 is 0 Å². The first-order valence-corrected chi connectivity index (χ1v) is 9.43. The van der Waals surface area contributed by atoms with E-state index in [9.17, 15) is 9.90 Å². The smallest absolute Gasteiger partial charge is 0.258 e. The van der Waals surface area contributed by atoms with Crippen LogP contribution in [-0.2, 0) is 0 Å². The van der Waals surface area contributed by atoms with Crippen LogP contribution in [0.2, 0.25) is 5.28 Å². The van der Waals surface area contributed by atoms with Gasteiger partial charge in [0.15, 0.2) is 0 Å². The molecule has 4 aliphatic rings. The van der Waals surface area contributed by atoms with Crippen LogP contribution in [-0.4, -0.2) is 38.7 Å². The highest BCUT2D eigenvalue weighted by Gasteiger charge is 2.55. The van der Waals surface area contributed by atoms with Crippen molar-refractivity contribution in [2.45, 2.75) is 63.7 Å². The molecule has 2 N–H and O–H groups in total. The third kappa shape index (κ3) is 3.22. The number of rotatable bonds is 4. The van der Waals surface area contributed by atoms with E-state index in [0.717, 1.165) is 32.1 Å². The highest BCUT2D eigenvalue weighted by molar-refractivity contribution is 6.28. The van der Waals surface area contributed by atoms with Crippen LogP contribution in [0.5, 0.6) is 5.88 Å². The number of hydrogen-bond acceptors (Lipinski definition) is 5. The third-order valence-corrected chi connectivity index (χ3v) is 6.04. The highest BCUT2D eigenvalue weighted by Crippen LogP contribution is 2.55. The molecule has 6 nitrogen and oxygen atoms in total. The SMILES string of the molecule is CC(C)Oc1nc(Cl)ncc1C(=O)NC1[C@@H]2CC3C[C@H]1CC(O)(C3)C2. The number of nitrogens with zero attached hydrogens (tertiary/aromatic N) is 2. The predicted molar refractivity (Wildman–Crippen MR) is 92.6 cm³/mol. The Hall–Kier alpha value is -1.40. The van der Waals surface area contributed by atoms with Gasteiger partial charge in [-0.1, -0.05) is 0 Å². The summed E-state index contributed by atoms with van der Waals surface area (Å²) >= 11 is 5.85. The summed E-state index contributed by atoms with van der Waals surface area (Å²) in [4.78, 5) is 20.9. The van der Waals surface area contributed by atoms with Gasteiger partial charge in [-0.15, -0.1) is 0 Å². The number of aliphatic hydroxyl groups is 1. The summed E-state index contributed by atoms with van der Waals surface area (Å²) in [6.45, 7) is 3.74. The fourth-order valence-electron chi connectivity index (χ4n) is 5.26. The quantitative estimate of drug-likeness (QED) is 0.801. The maximum atomic E-state index is 12.9. The number of nitrogens with one attached hydrogen (secondary N) is 1. The summed E-state index contributed by atoms with van der Waals surface area (Å²) < 4.78 is 5.63. The van der Waals surface area contributed by atoms with Crippen LogP contribution in [0.15, 0.2) is 6.20 Å². The molecule has 5 rings (SSSR count). The van der Waals surface area contributed by atoms with E-state index in [1.165, 1.54) is 6.20 Å². The first-order chi connectivity index (χ1) is 11.8. The zero-order valence-electron chi connectivity index (χ0n) is 14.5. The molecule has 0 saturated heterocycles. The number of ether oxygens (including phenoxy) is 1. The molecular formula is C18H24ClN3O3. The number of amides is 1. The minimum atomic E-state index is -0.507. The molecule has 4 aliphatic carbocycles. The van der Waals surface area contributed by atoms with Crippen molar-refractivity contribution in [1.29, 1.82) is 0 Å². The average molecular weight is 366 g/mol. The third-order valence-electron chi connectivity index (χ3n) is 5.85. The van der Waals surface area contributed by atoms with Crippen molar-refractivity contribution in [3.8, 4) is 5.88 Å². The Labute approximate surface area is 152 Å². The van der Waals surface area contributed by atoms with Gasteiger partial charge in [0.2, 0.25) is 11.2 Å². The topological polar surface area (TPSA) is 84.3 Å². The van der Waals surface area contributed by atoms with Gasteiger partial charge in [-0.25, -0.2) is 4.98 Å². The van der Waals surface area contributed by atoms with Gasteiger partial charge in [0.05, 0.1) is 11.7 Å². The molecular weight excluding hydrogens is 342 g/mol. The van der Waals surface area contributed by atoms with Gasteiger partial charge < -0.3 is 15.2 Å². The van der Waals surface area contributed by atoms with Crippen molar-refractivity contribution in [1.82, 2.24) is 15.3 Å². The molecule has 25 heavy (non-hydrogen) atoms. The van der Waals surface area contributed by atoms with Crippen LogP contribution in [0, 0.1) is 17.8 Å². The number of carbonyl (C=O) groups excluding carboxylic acids is 1. The molecule has 4 fully saturated rings. The van der Waals surface area contributed by atoms with Gasteiger partial charge in [0, 0.05) is 12.2 Å². The molecule has 0 aromatic carbocycles. The Morgan fingerprint density at radius 3 is 2.64 bits per heavy atom. The van der Waals surface area contributed by atoms with Crippen LogP contribution in [0.4, 0.5) is 0 Å². The molecule has 1 heterocycles. The van der Waals surface area contributed by atoms with Crippen molar-refractivity contribution in [3.05, 3.63) is 17.0 Å². The zero-order valence-corrected chi connectivity index (χ0v) is 15.3. The van der Waals surface area contributed by atoms with Gasteiger partial charge in [-0.3, -0.25) is 4.79 Å². The molecule has 136 valence electrons. The van der Waals surface area contributed by atoms with Crippen LogP contribution < -0.4 is 10.1 Å². The normalized spacial score (nSPS) is 35.9. The van der Waals surface area contributed by atoms with E-state index in [-0.39, 0.29) is 29.2 Å². The molecule has 0 spiro atoms. The van der Waals surface area contributed by atoms with E-state index < -0.39 is 5.60 Å². The van der Waals surface area contributed by atoms with Crippen molar-refractivity contribution >= 4 is 17.5 Å². The van der Waals surface area contributed by atoms with Crippen LogP contribution in [0.3, 0.4) is 0 Å². The Morgan fingerprint density at radius 1 is 1.36 bits per heavy atom. The van der Waals surface area contributed by atoms with Gasteiger partial charge in [0.1, 0.15) is 5.56 Å². The Bertz CT molecular complexity index is 680. The molecule has 5 atom stereocenters. The highest BCUT2D eigenvalue weighted by atomic mass is 35.5. The number of halogens is 1. The number of aromatic nitrogens is 2. The molecule has 1 aromatic heterocycles. The molecule has 1 aromatic rings. The van der Waals surface area contributed by atoms with Crippen molar-refractivity contribution in [3.63, 3.8) is 0 Å². The second kappa shape index (κ2) is 6.09. The Morgan fingerprint density at radius 2 is 2.04 bits per heavy atom. The zero-order chi connectivity index (χ0) is 17.8. The van der Waals surface area contributed by atoms with Crippen molar-refractivity contribution in [2.75, 3.05) is 0 Å². The Kier molecular flexibility index (Phi) is 4.15. The summed E-state index contributed by atoms with van der Waals surface area (Å²) in [6, 6.07) is 0.104. The molecule has 3 unspecified atom stereocenters. The monoisotopic (exact) mass is 365 g/mol. The van der Waals surface area contributed by atoms with Gasteiger partial charge in [-0.2, -0.15) is 4.98 Å². The maximum Gasteiger partial charge on any atom is 0.258 e. The predicted octanol–water partition coefficient (Wildman–Crippen LogP) is 2.59. The molecule has 1 amide bonds. The second-order valence-electron chi connectivity index (χ2n) is 8.22. The van der Waals surface area contributed by atoms with E-state index in [0.29, 0.717) is 23.3 Å². The van der Waals surface area contributed by atoms with Gasteiger partial charge in [0.25, 0.3) is 5.91 Å². The van der Waals surface area contributed by atoms with E-state index >= 15 is 0 Å². The summed E-state index contributed by atoms with van der Waals surface area (Å²) in [5.74, 6) is 1.30. The Balaban J connectivity index is 1.53.